The predicted molar refractivity (Wildman–Crippen MR) is 79.1 cm³/mol. The zero-order chi connectivity index (χ0) is 14.8. The number of carboxylic acid groups (broad SMARTS) is 1. The SMILES string of the molecule is CCC(C)(CC)Nc1ncnc2cc(C(=O)O)ccc12. The number of anilines is 1. The van der Waals surface area contributed by atoms with Crippen LogP contribution in [0.4, 0.5) is 5.82 Å². The minimum absolute atomic E-state index is 0.0350. The zero-order valence-corrected chi connectivity index (χ0v) is 12.0. The number of carbonyl (C=O) groups is 1. The van der Waals surface area contributed by atoms with Crippen molar-refractivity contribution in [3.05, 3.63) is 30.1 Å². The van der Waals surface area contributed by atoms with Crippen molar-refractivity contribution in [3.63, 3.8) is 0 Å². The molecule has 20 heavy (non-hydrogen) atoms. The molecule has 0 aliphatic heterocycles. The molecule has 1 aromatic carbocycles. The quantitative estimate of drug-likeness (QED) is 0.874. The number of aromatic carboxylic acids is 1. The third-order valence-electron chi connectivity index (χ3n) is 3.86. The van der Waals surface area contributed by atoms with Crippen molar-refractivity contribution in [1.82, 2.24) is 9.97 Å². The Morgan fingerprint density at radius 3 is 2.60 bits per heavy atom. The van der Waals surface area contributed by atoms with Crippen LogP contribution in [0.5, 0.6) is 0 Å². The minimum Gasteiger partial charge on any atom is -0.478 e. The number of hydrogen-bond acceptors (Lipinski definition) is 4. The number of carboxylic acids is 1. The Labute approximate surface area is 118 Å². The Balaban J connectivity index is 2.47. The molecule has 0 unspecified atom stereocenters. The highest BCUT2D eigenvalue weighted by atomic mass is 16.4. The summed E-state index contributed by atoms with van der Waals surface area (Å²) < 4.78 is 0. The Morgan fingerprint density at radius 1 is 1.30 bits per heavy atom. The van der Waals surface area contributed by atoms with Crippen LogP contribution in [0.3, 0.4) is 0 Å². The van der Waals surface area contributed by atoms with E-state index in [1.54, 1.807) is 18.2 Å². The van der Waals surface area contributed by atoms with E-state index in [0.717, 1.165) is 24.0 Å². The minimum atomic E-state index is -0.952. The molecule has 0 aliphatic rings. The van der Waals surface area contributed by atoms with E-state index in [-0.39, 0.29) is 11.1 Å². The largest absolute Gasteiger partial charge is 0.478 e. The van der Waals surface area contributed by atoms with E-state index in [0.29, 0.717) is 5.52 Å². The monoisotopic (exact) mass is 273 g/mol. The van der Waals surface area contributed by atoms with Crippen LogP contribution in [0.15, 0.2) is 24.5 Å². The van der Waals surface area contributed by atoms with Crippen molar-refractivity contribution in [3.8, 4) is 0 Å². The lowest BCUT2D eigenvalue weighted by Crippen LogP contribution is -2.33. The van der Waals surface area contributed by atoms with Crippen LogP contribution < -0.4 is 5.32 Å². The number of rotatable bonds is 5. The third-order valence-corrected chi connectivity index (χ3v) is 3.86. The van der Waals surface area contributed by atoms with Gasteiger partial charge in [-0.1, -0.05) is 13.8 Å². The second kappa shape index (κ2) is 5.45. The molecule has 5 heteroatoms. The highest BCUT2D eigenvalue weighted by Gasteiger charge is 2.20. The molecule has 0 aliphatic carbocycles. The summed E-state index contributed by atoms with van der Waals surface area (Å²) in [6.45, 7) is 6.40. The van der Waals surface area contributed by atoms with Gasteiger partial charge in [-0.25, -0.2) is 14.8 Å². The molecule has 2 N–H and O–H groups in total. The van der Waals surface area contributed by atoms with Crippen LogP contribution in [0, 0.1) is 0 Å². The van der Waals surface area contributed by atoms with E-state index in [9.17, 15) is 4.79 Å². The van der Waals surface area contributed by atoms with Gasteiger partial charge >= 0.3 is 5.97 Å². The van der Waals surface area contributed by atoms with Crippen LogP contribution in [0.25, 0.3) is 10.9 Å². The Kier molecular flexibility index (Phi) is 3.88. The third kappa shape index (κ3) is 2.71. The highest BCUT2D eigenvalue weighted by Crippen LogP contribution is 2.26. The lowest BCUT2D eigenvalue weighted by atomic mass is 9.95. The summed E-state index contributed by atoms with van der Waals surface area (Å²) in [5.74, 6) is -0.204. The molecule has 0 saturated carbocycles. The molecular formula is C15H19N3O2. The maximum Gasteiger partial charge on any atom is 0.335 e. The molecule has 0 spiro atoms. The molecule has 0 radical (unpaired) electrons. The second-order valence-corrected chi connectivity index (χ2v) is 5.15. The van der Waals surface area contributed by atoms with Gasteiger partial charge in [0.25, 0.3) is 0 Å². The summed E-state index contributed by atoms with van der Waals surface area (Å²) >= 11 is 0. The van der Waals surface area contributed by atoms with Crippen LogP contribution in [-0.4, -0.2) is 26.6 Å². The fraction of sp³-hybridized carbons (Fsp3) is 0.400. The van der Waals surface area contributed by atoms with E-state index < -0.39 is 5.97 Å². The molecule has 0 saturated heterocycles. The number of fused-ring (bicyclic) bond motifs is 1. The number of benzene rings is 1. The van der Waals surface area contributed by atoms with Crippen molar-refractivity contribution in [1.29, 1.82) is 0 Å². The number of aromatic nitrogens is 2. The van der Waals surface area contributed by atoms with Gasteiger partial charge in [0.15, 0.2) is 0 Å². The number of nitrogens with zero attached hydrogens (tertiary/aromatic N) is 2. The van der Waals surface area contributed by atoms with Crippen LogP contribution in [0.2, 0.25) is 0 Å². The molecule has 2 rings (SSSR count). The molecule has 1 heterocycles. The molecule has 2 aromatic rings. The Hall–Kier alpha value is -2.17. The molecule has 0 bridgehead atoms. The topological polar surface area (TPSA) is 75.1 Å². The molecule has 5 nitrogen and oxygen atoms in total. The van der Waals surface area contributed by atoms with Crippen LogP contribution in [0.1, 0.15) is 44.0 Å². The summed E-state index contributed by atoms with van der Waals surface area (Å²) in [6, 6.07) is 4.90. The second-order valence-electron chi connectivity index (χ2n) is 5.15. The zero-order valence-electron chi connectivity index (χ0n) is 12.0. The van der Waals surface area contributed by atoms with E-state index in [1.165, 1.54) is 6.33 Å². The van der Waals surface area contributed by atoms with Gasteiger partial charge < -0.3 is 10.4 Å². The van der Waals surface area contributed by atoms with Crippen molar-refractivity contribution in [2.24, 2.45) is 0 Å². The summed E-state index contributed by atoms with van der Waals surface area (Å²) in [6.07, 6.45) is 3.41. The van der Waals surface area contributed by atoms with Crippen LogP contribution in [-0.2, 0) is 0 Å². The molecule has 0 atom stereocenters. The maximum atomic E-state index is 11.0. The molecule has 106 valence electrons. The lowest BCUT2D eigenvalue weighted by molar-refractivity contribution is 0.0697. The van der Waals surface area contributed by atoms with E-state index in [4.69, 9.17) is 5.11 Å². The maximum absolute atomic E-state index is 11.0. The van der Waals surface area contributed by atoms with Gasteiger partial charge in [0.2, 0.25) is 0 Å². The summed E-state index contributed by atoms with van der Waals surface area (Å²) in [4.78, 5) is 19.4. The molecule has 0 fully saturated rings. The first-order chi connectivity index (χ1) is 9.49. The predicted octanol–water partition coefficient (Wildman–Crippen LogP) is 3.32. The fourth-order valence-electron chi connectivity index (χ4n) is 2.00. The number of hydrogen-bond donors (Lipinski definition) is 2. The van der Waals surface area contributed by atoms with Gasteiger partial charge in [0.05, 0.1) is 11.1 Å². The van der Waals surface area contributed by atoms with Crippen molar-refractivity contribution < 1.29 is 9.90 Å². The molecule has 0 amide bonds. The van der Waals surface area contributed by atoms with Gasteiger partial charge in [-0.3, -0.25) is 0 Å². The Bertz CT molecular complexity index is 636. The first kappa shape index (κ1) is 14.2. The van der Waals surface area contributed by atoms with Crippen molar-refractivity contribution >= 4 is 22.7 Å². The lowest BCUT2D eigenvalue weighted by Gasteiger charge is -2.29. The van der Waals surface area contributed by atoms with Crippen LogP contribution >= 0.6 is 0 Å². The average molecular weight is 273 g/mol. The van der Waals surface area contributed by atoms with Gasteiger partial charge in [0, 0.05) is 10.9 Å². The molecule has 1 aromatic heterocycles. The first-order valence-electron chi connectivity index (χ1n) is 6.75. The molecular weight excluding hydrogens is 254 g/mol. The van der Waals surface area contributed by atoms with Gasteiger partial charge in [0.1, 0.15) is 12.1 Å². The van der Waals surface area contributed by atoms with E-state index in [2.05, 4.69) is 36.1 Å². The summed E-state index contributed by atoms with van der Waals surface area (Å²) in [5.41, 5.74) is 0.833. The van der Waals surface area contributed by atoms with E-state index >= 15 is 0 Å². The average Bonchev–Trinajstić information content (AvgIpc) is 2.46. The summed E-state index contributed by atoms with van der Waals surface area (Å²) in [7, 11) is 0. The number of nitrogens with one attached hydrogen (secondary N) is 1. The first-order valence-corrected chi connectivity index (χ1v) is 6.75. The van der Waals surface area contributed by atoms with Crippen molar-refractivity contribution in [2.45, 2.75) is 39.2 Å². The standard InChI is InChI=1S/C15H19N3O2/c1-4-15(3,5-2)18-13-11-7-6-10(14(19)20)8-12(11)16-9-17-13/h6-9H,4-5H2,1-3H3,(H,19,20)(H,16,17,18). The van der Waals surface area contributed by atoms with Gasteiger partial charge in [-0.05, 0) is 38.0 Å². The fourth-order valence-corrected chi connectivity index (χ4v) is 2.00. The Morgan fingerprint density at radius 2 is 2.00 bits per heavy atom. The highest BCUT2D eigenvalue weighted by molar-refractivity contribution is 5.96. The normalized spacial score (nSPS) is 11.6. The van der Waals surface area contributed by atoms with E-state index in [1.807, 2.05) is 0 Å². The van der Waals surface area contributed by atoms with Gasteiger partial charge in [-0.15, -0.1) is 0 Å². The van der Waals surface area contributed by atoms with Crippen molar-refractivity contribution in [2.75, 3.05) is 5.32 Å². The summed E-state index contributed by atoms with van der Waals surface area (Å²) in [5, 5.41) is 13.3. The smallest absolute Gasteiger partial charge is 0.335 e. The van der Waals surface area contributed by atoms with Gasteiger partial charge in [-0.2, -0.15) is 0 Å².